The molecule has 0 rings (SSSR count). The highest BCUT2D eigenvalue weighted by molar-refractivity contribution is 5.69. The second kappa shape index (κ2) is 40.7. The molecule has 0 bridgehead atoms. The molecule has 0 heterocycles. The predicted octanol–water partition coefficient (Wildman–Crippen LogP) is 12.8. The van der Waals surface area contributed by atoms with Crippen LogP contribution < -0.4 is 0 Å². The fourth-order valence-corrected chi connectivity index (χ4v) is 5.03. The molecule has 0 aromatic heterocycles. The van der Waals surface area contributed by atoms with Crippen molar-refractivity contribution < 1.29 is 19.4 Å². The minimum Gasteiger partial charge on any atom is -0.457 e. The van der Waals surface area contributed by atoms with E-state index < -0.39 is 6.10 Å². The normalized spacial score (nSPS) is 13.3. The van der Waals surface area contributed by atoms with E-state index in [1.165, 1.54) is 57.8 Å². The fourth-order valence-electron chi connectivity index (χ4n) is 5.03. The maximum atomic E-state index is 12.2. The zero-order chi connectivity index (χ0) is 34.9. The second-order valence-electron chi connectivity index (χ2n) is 12.6. The van der Waals surface area contributed by atoms with Crippen molar-refractivity contribution in [3.63, 3.8) is 0 Å². The third-order valence-corrected chi connectivity index (χ3v) is 7.95. The average molecular weight is 667 g/mol. The largest absolute Gasteiger partial charge is 0.457 e. The van der Waals surface area contributed by atoms with E-state index in [0.717, 1.165) is 83.5 Å². The van der Waals surface area contributed by atoms with Gasteiger partial charge in [-0.1, -0.05) is 150 Å². The molecule has 0 aliphatic rings. The Labute approximate surface area is 297 Å². The third-order valence-electron chi connectivity index (χ3n) is 7.95. The van der Waals surface area contributed by atoms with Crippen molar-refractivity contribution in [2.24, 2.45) is 0 Å². The monoisotopic (exact) mass is 667 g/mol. The van der Waals surface area contributed by atoms with Gasteiger partial charge in [0.15, 0.2) is 0 Å². The molecule has 0 spiro atoms. The van der Waals surface area contributed by atoms with Crippen LogP contribution in [0, 0.1) is 0 Å². The predicted molar refractivity (Wildman–Crippen MR) is 209 cm³/mol. The molecule has 0 saturated heterocycles. The summed E-state index contributed by atoms with van der Waals surface area (Å²) in [6, 6.07) is 0. The van der Waals surface area contributed by atoms with Crippen LogP contribution in [0.5, 0.6) is 0 Å². The van der Waals surface area contributed by atoms with E-state index in [2.05, 4.69) is 98.9 Å². The van der Waals surface area contributed by atoms with E-state index in [0.29, 0.717) is 13.0 Å². The van der Waals surface area contributed by atoms with Crippen LogP contribution in [0.25, 0.3) is 0 Å². The molecule has 0 saturated carbocycles. The Morgan fingerprint density at radius 1 is 0.521 bits per heavy atom. The minimum absolute atomic E-state index is 0.194. The Hall–Kier alpha value is -2.43. The van der Waals surface area contributed by atoms with Crippen LogP contribution in [0.15, 0.2) is 85.1 Å². The van der Waals surface area contributed by atoms with Crippen LogP contribution >= 0.6 is 0 Å². The van der Waals surface area contributed by atoms with Crippen molar-refractivity contribution in [3.8, 4) is 0 Å². The SMILES string of the molecule is CC/C=C\C/C=C\C/C=C\C/C=C\C/C=C\C/C=C\CCCCCOCC(CO)OC(=O)CCCCCCC/C=C\CCCCCCC. The number of carbonyl (C=O) groups is 1. The number of rotatable bonds is 35. The van der Waals surface area contributed by atoms with E-state index in [1.54, 1.807) is 0 Å². The Morgan fingerprint density at radius 2 is 0.938 bits per heavy atom. The molecule has 0 aliphatic carbocycles. The molecule has 1 N–H and O–H groups in total. The molecule has 1 unspecified atom stereocenters. The molecule has 4 nitrogen and oxygen atoms in total. The number of aliphatic hydroxyl groups is 1. The van der Waals surface area contributed by atoms with E-state index in [9.17, 15) is 9.90 Å². The summed E-state index contributed by atoms with van der Waals surface area (Å²) in [5.41, 5.74) is 0. The maximum Gasteiger partial charge on any atom is 0.306 e. The summed E-state index contributed by atoms with van der Waals surface area (Å²) in [6.07, 6.45) is 56.3. The van der Waals surface area contributed by atoms with E-state index in [1.807, 2.05) is 0 Å². The lowest BCUT2D eigenvalue weighted by Gasteiger charge is -2.15. The molecular weight excluding hydrogens is 592 g/mol. The molecule has 0 aliphatic heterocycles. The molecule has 0 aromatic carbocycles. The summed E-state index contributed by atoms with van der Waals surface area (Å²) in [5, 5.41) is 9.57. The number of hydrogen-bond acceptors (Lipinski definition) is 4. The molecular formula is C44H74O4. The highest BCUT2D eigenvalue weighted by atomic mass is 16.6. The number of aliphatic hydroxyl groups excluding tert-OH is 1. The molecule has 4 heteroatoms. The molecule has 0 amide bonds. The lowest BCUT2D eigenvalue weighted by molar-refractivity contribution is -0.154. The summed E-state index contributed by atoms with van der Waals surface area (Å²) in [4.78, 5) is 12.2. The van der Waals surface area contributed by atoms with Crippen molar-refractivity contribution in [1.82, 2.24) is 0 Å². The van der Waals surface area contributed by atoms with Gasteiger partial charge in [-0.15, -0.1) is 0 Å². The van der Waals surface area contributed by atoms with Gasteiger partial charge >= 0.3 is 5.97 Å². The smallest absolute Gasteiger partial charge is 0.306 e. The van der Waals surface area contributed by atoms with Gasteiger partial charge in [0.2, 0.25) is 0 Å². The zero-order valence-corrected chi connectivity index (χ0v) is 31.2. The third kappa shape index (κ3) is 38.0. The van der Waals surface area contributed by atoms with Gasteiger partial charge in [-0.05, 0) is 89.9 Å². The van der Waals surface area contributed by atoms with Gasteiger partial charge in [0, 0.05) is 13.0 Å². The van der Waals surface area contributed by atoms with Gasteiger partial charge in [-0.3, -0.25) is 4.79 Å². The van der Waals surface area contributed by atoms with Gasteiger partial charge in [0.25, 0.3) is 0 Å². The Balaban J connectivity index is 3.58. The quantitative estimate of drug-likeness (QED) is 0.0415. The van der Waals surface area contributed by atoms with Crippen LogP contribution in [-0.2, 0) is 14.3 Å². The topological polar surface area (TPSA) is 55.8 Å². The van der Waals surface area contributed by atoms with Gasteiger partial charge in [0.05, 0.1) is 13.2 Å². The summed E-state index contributed by atoms with van der Waals surface area (Å²) < 4.78 is 11.1. The van der Waals surface area contributed by atoms with Crippen molar-refractivity contribution in [3.05, 3.63) is 85.1 Å². The van der Waals surface area contributed by atoms with E-state index >= 15 is 0 Å². The maximum absolute atomic E-state index is 12.2. The number of unbranched alkanes of at least 4 members (excludes halogenated alkanes) is 13. The zero-order valence-electron chi connectivity index (χ0n) is 31.2. The van der Waals surface area contributed by atoms with Crippen LogP contribution in [0.2, 0.25) is 0 Å². The van der Waals surface area contributed by atoms with Gasteiger partial charge in [-0.2, -0.15) is 0 Å². The van der Waals surface area contributed by atoms with Gasteiger partial charge in [-0.25, -0.2) is 0 Å². The standard InChI is InChI=1S/C44H74O4/c1-3-5-7-9-11-13-15-17-19-20-21-22-23-24-25-26-28-30-32-34-36-38-40-47-42-43(41-45)48-44(46)39-37-35-33-31-29-27-18-16-14-12-10-8-6-4-2/h5,7,11,13,16-19,21-22,24-25,28,30,43,45H,3-4,6,8-10,12,14-15,20,23,26-27,29,31-42H2,1-2H3/b7-5-,13-11-,18-16-,19-17-,22-21-,25-24-,30-28-. The number of carbonyl (C=O) groups excluding carboxylic acids is 1. The van der Waals surface area contributed by atoms with Crippen molar-refractivity contribution in [2.45, 2.75) is 168 Å². The lowest BCUT2D eigenvalue weighted by atomic mass is 10.1. The minimum atomic E-state index is -0.560. The summed E-state index contributed by atoms with van der Waals surface area (Å²) in [7, 11) is 0. The summed E-state index contributed by atoms with van der Waals surface area (Å²) in [6.45, 7) is 5.12. The summed E-state index contributed by atoms with van der Waals surface area (Å²) in [5.74, 6) is -0.226. The number of hydrogen-bond donors (Lipinski definition) is 1. The van der Waals surface area contributed by atoms with E-state index in [-0.39, 0.29) is 19.2 Å². The first kappa shape index (κ1) is 45.6. The summed E-state index contributed by atoms with van der Waals surface area (Å²) >= 11 is 0. The van der Waals surface area contributed by atoms with Crippen molar-refractivity contribution >= 4 is 5.97 Å². The Kier molecular flexibility index (Phi) is 38.7. The molecule has 48 heavy (non-hydrogen) atoms. The molecule has 0 radical (unpaired) electrons. The number of allylic oxidation sites excluding steroid dienone is 14. The van der Waals surface area contributed by atoms with Crippen molar-refractivity contribution in [1.29, 1.82) is 0 Å². The number of ether oxygens (including phenoxy) is 2. The van der Waals surface area contributed by atoms with E-state index in [4.69, 9.17) is 9.47 Å². The molecule has 274 valence electrons. The van der Waals surface area contributed by atoms with Crippen LogP contribution in [0.1, 0.15) is 162 Å². The van der Waals surface area contributed by atoms with Crippen molar-refractivity contribution in [2.75, 3.05) is 19.8 Å². The van der Waals surface area contributed by atoms with Crippen LogP contribution in [-0.4, -0.2) is 37.0 Å². The first-order valence-electron chi connectivity index (χ1n) is 19.7. The molecule has 1 atom stereocenters. The second-order valence-corrected chi connectivity index (χ2v) is 12.6. The van der Waals surface area contributed by atoms with Crippen LogP contribution in [0.4, 0.5) is 0 Å². The lowest BCUT2D eigenvalue weighted by Crippen LogP contribution is -2.27. The molecule has 0 aromatic rings. The highest BCUT2D eigenvalue weighted by Gasteiger charge is 2.13. The van der Waals surface area contributed by atoms with Crippen LogP contribution in [0.3, 0.4) is 0 Å². The number of esters is 1. The first-order chi connectivity index (χ1) is 23.7. The highest BCUT2D eigenvalue weighted by Crippen LogP contribution is 2.11. The van der Waals surface area contributed by atoms with Gasteiger partial charge in [0.1, 0.15) is 6.10 Å². The first-order valence-corrected chi connectivity index (χ1v) is 19.7. The average Bonchev–Trinajstić information content (AvgIpc) is 3.09. The van der Waals surface area contributed by atoms with Gasteiger partial charge < -0.3 is 14.6 Å². The Morgan fingerprint density at radius 3 is 1.44 bits per heavy atom. The molecule has 0 fully saturated rings. The Bertz CT molecular complexity index is 876. The fraction of sp³-hybridized carbons (Fsp3) is 0.659.